The maximum Gasteiger partial charge on any atom is 0.239 e. The molecule has 3 N–H and O–H groups in total. The van der Waals surface area contributed by atoms with E-state index in [4.69, 9.17) is 10.3 Å². The standard InChI is InChI=1S/C13H22N4O2/c1-9-3-4-17(11(5-9)7-14)8-13(18)15-12-6-10(2)19-16-12/h6,9,11H,3-5,7-8,14H2,1-2H3,(H,15,16,18). The van der Waals surface area contributed by atoms with Gasteiger partial charge in [0.05, 0.1) is 6.54 Å². The molecule has 2 atom stereocenters. The lowest BCUT2D eigenvalue weighted by molar-refractivity contribution is -0.118. The predicted molar refractivity (Wildman–Crippen MR) is 72.7 cm³/mol. The molecule has 0 saturated carbocycles. The number of carbonyl (C=O) groups excluding carboxylic acids is 1. The van der Waals surface area contributed by atoms with Crippen LogP contribution in [-0.2, 0) is 4.79 Å². The summed E-state index contributed by atoms with van der Waals surface area (Å²) in [6, 6.07) is 2.00. The first-order valence-electron chi connectivity index (χ1n) is 6.75. The summed E-state index contributed by atoms with van der Waals surface area (Å²) < 4.78 is 4.91. The van der Waals surface area contributed by atoms with Gasteiger partial charge in [-0.1, -0.05) is 12.1 Å². The SMILES string of the molecule is Cc1cc(NC(=O)CN2CCC(C)CC2CN)no1. The smallest absolute Gasteiger partial charge is 0.239 e. The number of hydrogen-bond donors (Lipinski definition) is 2. The van der Waals surface area contributed by atoms with Crippen molar-refractivity contribution in [3.05, 3.63) is 11.8 Å². The van der Waals surface area contributed by atoms with E-state index in [1.165, 1.54) is 0 Å². The summed E-state index contributed by atoms with van der Waals surface area (Å²) in [5, 5.41) is 6.49. The topological polar surface area (TPSA) is 84.4 Å². The number of anilines is 1. The van der Waals surface area contributed by atoms with Crippen LogP contribution >= 0.6 is 0 Å². The van der Waals surface area contributed by atoms with Gasteiger partial charge in [-0.25, -0.2) is 0 Å². The van der Waals surface area contributed by atoms with Crippen molar-refractivity contribution in [3.63, 3.8) is 0 Å². The number of nitrogens with zero attached hydrogens (tertiary/aromatic N) is 2. The van der Waals surface area contributed by atoms with Gasteiger partial charge in [0.1, 0.15) is 5.76 Å². The van der Waals surface area contributed by atoms with Crippen LogP contribution in [0.15, 0.2) is 10.6 Å². The highest BCUT2D eigenvalue weighted by Gasteiger charge is 2.26. The molecule has 0 bridgehead atoms. The lowest BCUT2D eigenvalue weighted by Gasteiger charge is -2.37. The fraction of sp³-hybridized carbons (Fsp3) is 0.692. The maximum absolute atomic E-state index is 12.0. The van der Waals surface area contributed by atoms with Gasteiger partial charge in [-0.05, 0) is 32.2 Å². The van der Waals surface area contributed by atoms with Crippen molar-refractivity contribution in [1.82, 2.24) is 10.1 Å². The monoisotopic (exact) mass is 266 g/mol. The molecule has 6 nitrogen and oxygen atoms in total. The third-order valence-electron chi connectivity index (χ3n) is 3.61. The zero-order valence-corrected chi connectivity index (χ0v) is 11.6. The van der Waals surface area contributed by atoms with Crippen LogP contribution in [0.25, 0.3) is 0 Å². The van der Waals surface area contributed by atoms with E-state index in [1.54, 1.807) is 13.0 Å². The number of aromatic nitrogens is 1. The van der Waals surface area contributed by atoms with Crippen LogP contribution in [-0.4, -0.2) is 41.6 Å². The zero-order chi connectivity index (χ0) is 13.8. The molecular weight excluding hydrogens is 244 g/mol. The lowest BCUT2D eigenvalue weighted by Crippen LogP contribution is -2.49. The molecule has 2 heterocycles. The fourth-order valence-electron chi connectivity index (χ4n) is 2.55. The van der Waals surface area contributed by atoms with Crippen LogP contribution in [0.4, 0.5) is 5.82 Å². The summed E-state index contributed by atoms with van der Waals surface area (Å²) in [7, 11) is 0. The van der Waals surface area contributed by atoms with E-state index in [9.17, 15) is 4.79 Å². The van der Waals surface area contributed by atoms with Crippen LogP contribution in [0, 0.1) is 12.8 Å². The average molecular weight is 266 g/mol. The molecule has 2 rings (SSSR count). The Morgan fingerprint density at radius 1 is 1.68 bits per heavy atom. The minimum absolute atomic E-state index is 0.0682. The summed E-state index contributed by atoms with van der Waals surface area (Å²) in [6.45, 7) is 5.91. The van der Waals surface area contributed by atoms with Crippen molar-refractivity contribution >= 4 is 11.7 Å². The fourth-order valence-corrected chi connectivity index (χ4v) is 2.55. The van der Waals surface area contributed by atoms with Gasteiger partial charge < -0.3 is 15.6 Å². The highest BCUT2D eigenvalue weighted by molar-refractivity contribution is 5.91. The van der Waals surface area contributed by atoms with Gasteiger partial charge in [-0.2, -0.15) is 0 Å². The quantitative estimate of drug-likeness (QED) is 0.848. The Balaban J connectivity index is 1.87. The first-order valence-corrected chi connectivity index (χ1v) is 6.75. The van der Waals surface area contributed by atoms with E-state index in [1.807, 2.05) is 0 Å². The first kappa shape index (κ1) is 14.0. The molecule has 1 amide bonds. The molecule has 1 aromatic rings. The number of aryl methyl sites for hydroxylation is 1. The van der Waals surface area contributed by atoms with E-state index in [0.29, 0.717) is 36.6 Å². The van der Waals surface area contributed by atoms with E-state index in [-0.39, 0.29) is 5.91 Å². The zero-order valence-electron chi connectivity index (χ0n) is 11.6. The molecule has 1 aliphatic rings. The van der Waals surface area contributed by atoms with Gasteiger partial charge in [0.15, 0.2) is 5.82 Å². The summed E-state index contributed by atoms with van der Waals surface area (Å²) in [4.78, 5) is 14.1. The molecule has 0 aliphatic carbocycles. The van der Waals surface area contributed by atoms with Crippen molar-refractivity contribution in [2.75, 3.05) is 25.0 Å². The molecule has 2 unspecified atom stereocenters. The Labute approximate surface area is 113 Å². The first-order chi connectivity index (χ1) is 9.08. The predicted octanol–water partition coefficient (Wildman–Crippen LogP) is 0.981. The van der Waals surface area contributed by atoms with Gasteiger partial charge in [-0.15, -0.1) is 0 Å². The number of nitrogens with two attached hydrogens (primary N) is 1. The van der Waals surface area contributed by atoms with Crippen LogP contribution in [0.2, 0.25) is 0 Å². The molecular formula is C13H22N4O2. The number of nitrogens with one attached hydrogen (secondary N) is 1. The molecule has 1 aliphatic heterocycles. The van der Waals surface area contributed by atoms with E-state index >= 15 is 0 Å². The molecule has 1 aromatic heterocycles. The average Bonchev–Trinajstić information content (AvgIpc) is 2.76. The molecule has 0 spiro atoms. The van der Waals surface area contributed by atoms with Crippen molar-refractivity contribution in [2.45, 2.75) is 32.7 Å². The third-order valence-corrected chi connectivity index (χ3v) is 3.61. The maximum atomic E-state index is 12.0. The summed E-state index contributed by atoms with van der Waals surface area (Å²) >= 11 is 0. The second-order valence-corrected chi connectivity index (χ2v) is 5.36. The highest BCUT2D eigenvalue weighted by Crippen LogP contribution is 2.21. The highest BCUT2D eigenvalue weighted by atomic mass is 16.5. The van der Waals surface area contributed by atoms with E-state index in [0.717, 1.165) is 19.4 Å². The summed E-state index contributed by atoms with van der Waals surface area (Å²) in [5.74, 6) is 1.77. The molecule has 106 valence electrons. The number of amides is 1. The number of likely N-dealkylation sites (tertiary alicyclic amines) is 1. The Morgan fingerprint density at radius 2 is 2.47 bits per heavy atom. The Bertz CT molecular complexity index is 432. The Morgan fingerprint density at radius 3 is 3.11 bits per heavy atom. The molecule has 1 saturated heterocycles. The van der Waals surface area contributed by atoms with E-state index in [2.05, 4.69) is 22.3 Å². The Hall–Kier alpha value is -1.40. The third kappa shape index (κ3) is 3.78. The normalized spacial score (nSPS) is 24.4. The number of rotatable bonds is 4. The Kier molecular flexibility index (Phi) is 4.55. The van der Waals surface area contributed by atoms with Crippen LogP contribution in [0.3, 0.4) is 0 Å². The van der Waals surface area contributed by atoms with E-state index < -0.39 is 0 Å². The van der Waals surface area contributed by atoms with Gasteiger partial charge in [0, 0.05) is 18.7 Å². The second kappa shape index (κ2) is 6.16. The summed E-state index contributed by atoms with van der Waals surface area (Å²) in [5.41, 5.74) is 5.79. The number of carbonyl (C=O) groups is 1. The lowest BCUT2D eigenvalue weighted by atomic mass is 9.92. The van der Waals surface area contributed by atoms with Crippen molar-refractivity contribution in [1.29, 1.82) is 0 Å². The van der Waals surface area contributed by atoms with Crippen molar-refractivity contribution < 1.29 is 9.32 Å². The molecule has 6 heteroatoms. The van der Waals surface area contributed by atoms with Crippen molar-refractivity contribution in [3.8, 4) is 0 Å². The van der Waals surface area contributed by atoms with Gasteiger partial charge in [0.2, 0.25) is 5.91 Å². The molecule has 19 heavy (non-hydrogen) atoms. The largest absolute Gasteiger partial charge is 0.360 e. The number of hydrogen-bond acceptors (Lipinski definition) is 5. The van der Waals surface area contributed by atoms with Gasteiger partial charge in [-0.3, -0.25) is 9.69 Å². The van der Waals surface area contributed by atoms with Gasteiger partial charge >= 0.3 is 0 Å². The van der Waals surface area contributed by atoms with Crippen LogP contribution in [0.1, 0.15) is 25.5 Å². The summed E-state index contributed by atoms with van der Waals surface area (Å²) in [6.07, 6.45) is 2.18. The minimum atomic E-state index is -0.0682. The number of piperidine rings is 1. The molecule has 0 radical (unpaired) electrons. The van der Waals surface area contributed by atoms with Crippen LogP contribution in [0.5, 0.6) is 0 Å². The molecule has 1 fully saturated rings. The minimum Gasteiger partial charge on any atom is -0.360 e. The van der Waals surface area contributed by atoms with Crippen LogP contribution < -0.4 is 11.1 Å². The van der Waals surface area contributed by atoms with Gasteiger partial charge in [0.25, 0.3) is 0 Å². The molecule has 0 aromatic carbocycles. The second-order valence-electron chi connectivity index (χ2n) is 5.36. The van der Waals surface area contributed by atoms with Crippen molar-refractivity contribution in [2.24, 2.45) is 11.7 Å².